The summed E-state index contributed by atoms with van der Waals surface area (Å²) in [7, 11) is 3.81. The minimum Gasteiger partial charge on any atom is -0.352 e. The molecule has 0 radical (unpaired) electrons. The molecule has 3 rings (SSSR count). The second-order valence-electron chi connectivity index (χ2n) is 6.84. The van der Waals surface area contributed by atoms with E-state index in [9.17, 15) is 0 Å². The molecule has 1 aliphatic rings. The molecule has 0 bridgehead atoms. The molecule has 2 heterocycles. The van der Waals surface area contributed by atoms with E-state index in [4.69, 9.17) is 0 Å². The highest BCUT2D eigenvalue weighted by Gasteiger charge is 2.30. The molecule has 0 aliphatic carbocycles. The van der Waals surface area contributed by atoms with E-state index in [1.807, 2.05) is 31.2 Å². The molecular weight excluding hydrogens is 437 g/mol. The number of rotatable bonds is 4. The first-order valence-electron chi connectivity index (χ1n) is 9.19. The van der Waals surface area contributed by atoms with Crippen molar-refractivity contribution in [3.05, 3.63) is 53.9 Å². The maximum atomic E-state index is 4.50. The summed E-state index contributed by atoms with van der Waals surface area (Å²) < 4.78 is 1.83. The van der Waals surface area contributed by atoms with Crippen LogP contribution in [-0.2, 0) is 13.6 Å². The van der Waals surface area contributed by atoms with Crippen LogP contribution in [0.25, 0.3) is 0 Å². The summed E-state index contributed by atoms with van der Waals surface area (Å²) >= 11 is 0. The van der Waals surface area contributed by atoms with E-state index in [2.05, 4.69) is 57.6 Å². The first-order valence-corrected chi connectivity index (χ1v) is 9.19. The van der Waals surface area contributed by atoms with Crippen LogP contribution in [0.1, 0.15) is 36.8 Å². The lowest BCUT2D eigenvalue weighted by molar-refractivity contribution is 0.215. The fourth-order valence-corrected chi connectivity index (χ4v) is 3.85. The minimum atomic E-state index is 0. The number of nitrogens with zero attached hydrogens (tertiary/aromatic N) is 4. The van der Waals surface area contributed by atoms with Crippen LogP contribution in [0.4, 0.5) is 0 Å². The second kappa shape index (κ2) is 9.94. The summed E-state index contributed by atoms with van der Waals surface area (Å²) in [6.07, 6.45) is 6.30. The Labute approximate surface area is 173 Å². The number of piperidine rings is 1. The lowest BCUT2D eigenvalue weighted by Gasteiger charge is -2.40. The number of hydrogen-bond acceptors (Lipinski definition) is 2. The highest BCUT2D eigenvalue weighted by molar-refractivity contribution is 14.0. The number of nitrogens with one attached hydrogen (secondary N) is 1. The number of likely N-dealkylation sites (tertiary alicyclic amines) is 1. The summed E-state index contributed by atoms with van der Waals surface area (Å²) in [5.74, 6) is 2.31. The zero-order valence-electron chi connectivity index (χ0n) is 15.9. The van der Waals surface area contributed by atoms with E-state index in [0.29, 0.717) is 11.8 Å². The molecule has 2 atom stereocenters. The number of aliphatic imine (C=N–C) groups is 1. The van der Waals surface area contributed by atoms with E-state index in [0.717, 1.165) is 25.6 Å². The summed E-state index contributed by atoms with van der Waals surface area (Å²) in [5.41, 5.74) is 2.65. The van der Waals surface area contributed by atoms with Crippen LogP contribution in [-0.4, -0.2) is 40.8 Å². The molecule has 1 N–H and O–H groups in total. The van der Waals surface area contributed by atoms with Crippen LogP contribution in [0.5, 0.6) is 0 Å². The summed E-state index contributed by atoms with van der Waals surface area (Å²) in [6.45, 7) is 5.16. The SMILES string of the molecule is CCC1CN(C(=NC)NCc2cnn(C)c2)CCC1c1ccccc1.I. The van der Waals surface area contributed by atoms with Gasteiger partial charge >= 0.3 is 0 Å². The van der Waals surface area contributed by atoms with Gasteiger partial charge in [0, 0.05) is 45.5 Å². The Morgan fingerprint density at radius 3 is 2.69 bits per heavy atom. The number of benzene rings is 1. The molecule has 1 aromatic heterocycles. The molecular formula is C20H30IN5. The highest BCUT2D eigenvalue weighted by atomic mass is 127. The van der Waals surface area contributed by atoms with Crippen molar-refractivity contribution in [3.8, 4) is 0 Å². The molecule has 1 fully saturated rings. The molecule has 6 heteroatoms. The zero-order valence-corrected chi connectivity index (χ0v) is 18.3. The highest BCUT2D eigenvalue weighted by Crippen LogP contribution is 2.34. The van der Waals surface area contributed by atoms with Crippen LogP contribution in [0.3, 0.4) is 0 Å². The largest absolute Gasteiger partial charge is 0.352 e. The fraction of sp³-hybridized carbons (Fsp3) is 0.500. The Hall–Kier alpha value is -1.57. The smallest absolute Gasteiger partial charge is 0.193 e. The van der Waals surface area contributed by atoms with E-state index in [-0.39, 0.29) is 24.0 Å². The van der Waals surface area contributed by atoms with Crippen molar-refractivity contribution in [1.29, 1.82) is 0 Å². The molecule has 0 amide bonds. The standard InChI is InChI=1S/C20H29N5.HI/c1-4-17-15-25(11-10-19(17)18-8-6-5-7-9-18)20(21-2)22-12-16-13-23-24(3)14-16;/h5-9,13-14,17,19H,4,10-12,15H2,1-3H3,(H,21,22);1H. The van der Waals surface area contributed by atoms with Crippen molar-refractivity contribution in [2.75, 3.05) is 20.1 Å². The molecule has 142 valence electrons. The van der Waals surface area contributed by atoms with Crippen LogP contribution in [0.15, 0.2) is 47.7 Å². The summed E-state index contributed by atoms with van der Waals surface area (Å²) in [5, 5.41) is 7.72. The third kappa shape index (κ3) is 4.99. The predicted octanol–water partition coefficient (Wildman–Crippen LogP) is 3.63. The van der Waals surface area contributed by atoms with Gasteiger partial charge in [0.05, 0.1) is 6.20 Å². The number of halogens is 1. The van der Waals surface area contributed by atoms with Crippen LogP contribution < -0.4 is 5.32 Å². The van der Waals surface area contributed by atoms with E-state index >= 15 is 0 Å². The third-order valence-electron chi connectivity index (χ3n) is 5.21. The fourth-order valence-electron chi connectivity index (χ4n) is 3.85. The Balaban J connectivity index is 0.00000243. The van der Waals surface area contributed by atoms with E-state index in [1.165, 1.54) is 24.0 Å². The van der Waals surface area contributed by atoms with Gasteiger partial charge in [0.2, 0.25) is 0 Å². The lowest BCUT2D eigenvalue weighted by atomic mass is 9.79. The number of aryl methyl sites for hydroxylation is 1. The number of guanidine groups is 1. The lowest BCUT2D eigenvalue weighted by Crippen LogP contribution is -2.48. The zero-order chi connectivity index (χ0) is 17.6. The molecule has 0 saturated carbocycles. The van der Waals surface area contributed by atoms with Gasteiger partial charge in [-0.2, -0.15) is 5.10 Å². The van der Waals surface area contributed by atoms with Gasteiger partial charge < -0.3 is 10.2 Å². The molecule has 1 aliphatic heterocycles. The quantitative estimate of drug-likeness (QED) is 0.425. The van der Waals surface area contributed by atoms with Crippen molar-refractivity contribution >= 4 is 29.9 Å². The molecule has 5 nitrogen and oxygen atoms in total. The Kier molecular flexibility index (Phi) is 7.93. The Morgan fingerprint density at radius 1 is 1.31 bits per heavy atom. The molecule has 26 heavy (non-hydrogen) atoms. The molecule has 2 aromatic rings. The Morgan fingerprint density at radius 2 is 2.08 bits per heavy atom. The van der Waals surface area contributed by atoms with Crippen molar-refractivity contribution in [2.45, 2.75) is 32.2 Å². The minimum absolute atomic E-state index is 0. The topological polar surface area (TPSA) is 45.4 Å². The second-order valence-corrected chi connectivity index (χ2v) is 6.84. The first-order chi connectivity index (χ1) is 12.2. The van der Waals surface area contributed by atoms with Gasteiger partial charge in [-0.05, 0) is 23.8 Å². The monoisotopic (exact) mass is 467 g/mol. The van der Waals surface area contributed by atoms with Gasteiger partial charge in [0.1, 0.15) is 0 Å². The van der Waals surface area contributed by atoms with Gasteiger partial charge in [-0.1, -0.05) is 43.7 Å². The van der Waals surface area contributed by atoms with Crippen molar-refractivity contribution in [1.82, 2.24) is 20.0 Å². The van der Waals surface area contributed by atoms with Gasteiger partial charge in [-0.25, -0.2) is 0 Å². The van der Waals surface area contributed by atoms with Crippen LogP contribution >= 0.6 is 24.0 Å². The van der Waals surface area contributed by atoms with E-state index < -0.39 is 0 Å². The number of aromatic nitrogens is 2. The summed E-state index contributed by atoms with van der Waals surface area (Å²) in [6, 6.07) is 11.0. The first kappa shape index (κ1) is 20.7. The molecule has 1 saturated heterocycles. The Bertz CT molecular complexity index is 697. The van der Waals surface area contributed by atoms with Gasteiger partial charge in [-0.15, -0.1) is 24.0 Å². The maximum absolute atomic E-state index is 4.50. The summed E-state index contributed by atoms with van der Waals surface area (Å²) in [4.78, 5) is 6.91. The third-order valence-corrected chi connectivity index (χ3v) is 5.21. The number of hydrogen-bond donors (Lipinski definition) is 1. The molecule has 2 unspecified atom stereocenters. The van der Waals surface area contributed by atoms with Crippen LogP contribution in [0.2, 0.25) is 0 Å². The normalized spacial score (nSPS) is 20.6. The molecule has 0 spiro atoms. The van der Waals surface area contributed by atoms with E-state index in [1.54, 1.807) is 0 Å². The molecule has 1 aromatic carbocycles. The van der Waals surface area contributed by atoms with Crippen LogP contribution in [0, 0.1) is 5.92 Å². The van der Waals surface area contributed by atoms with Gasteiger partial charge in [0.15, 0.2) is 5.96 Å². The van der Waals surface area contributed by atoms with Gasteiger partial charge in [0.25, 0.3) is 0 Å². The average Bonchev–Trinajstić information content (AvgIpc) is 3.08. The predicted molar refractivity (Wildman–Crippen MR) is 118 cm³/mol. The maximum Gasteiger partial charge on any atom is 0.193 e. The van der Waals surface area contributed by atoms with Crippen molar-refractivity contribution in [2.24, 2.45) is 18.0 Å². The average molecular weight is 467 g/mol. The van der Waals surface area contributed by atoms with Gasteiger partial charge in [-0.3, -0.25) is 9.67 Å². The van der Waals surface area contributed by atoms with Crippen molar-refractivity contribution in [3.63, 3.8) is 0 Å². The van der Waals surface area contributed by atoms with Crippen molar-refractivity contribution < 1.29 is 0 Å².